The Labute approximate surface area is 97.2 Å². The van der Waals surface area contributed by atoms with Crippen LogP contribution in [0.25, 0.3) is 0 Å². The zero-order valence-electron chi connectivity index (χ0n) is 10.1. The van der Waals surface area contributed by atoms with Crippen molar-refractivity contribution >= 4 is 5.91 Å². The first kappa shape index (κ1) is 12.7. The van der Waals surface area contributed by atoms with Crippen LogP contribution in [0.1, 0.15) is 35.7 Å². The third-order valence-corrected chi connectivity index (χ3v) is 2.63. The van der Waals surface area contributed by atoms with Crippen molar-refractivity contribution < 1.29 is 4.79 Å². The monoisotopic (exact) mass is 220 g/mol. The van der Waals surface area contributed by atoms with Crippen LogP contribution < -0.4 is 5.73 Å². The third kappa shape index (κ3) is 3.35. The van der Waals surface area contributed by atoms with Gasteiger partial charge in [0.25, 0.3) is 5.91 Å². The number of nitrogens with zero attached hydrogens (tertiary/aromatic N) is 1. The first-order chi connectivity index (χ1) is 7.69. The molecule has 0 aromatic heterocycles. The molecule has 0 aliphatic heterocycles. The van der Waals surface area contributed by atoms with Gasteiger partial charge in [-0.1, -0.05) is 25.5 Å². The van der Waals surface area contributed by atoms with E-state index >= 15 is 0 Å². The maximum atomic E-state index is 11.9. The zero-order chi connectivity index (χ0) is 12.0. The lowest BCUT2D eigenvalue weighted by molar-refractivity contribution is 0.0793. The van der Waals surface area contributed by atoms with Crippen molar-refractivity contribution in [1.82, 2.24) is 4.90 Å². The van der Waals surface area contributed by atoms with Gasteiger partial charge in [0.05, 0.1) is 0 Å². The molecule has 3 heteroatoms. The highest BCUT2D eigenvalue weighted by Crippen LogP contribution is 2.07. The van der Waals surface area contributed by atoms with E-state index in [1.54, 1.807) is 4.90 Å². The van der Waals surface area contributed by atoms with Crippen molar-refractivity contribution in [2.24, 2.45) is 5.73 Å². The first-order valence-electron chi connectivity index (χ1n) is 5.73. The van der Waals surface area contributed by atoms with Crippen LogP contribution in [0.4, 0.5) is 0 Å². The fraction of sp³-hybridized carbons (Fsp3) is 0.462. The predicted octanol–water partition coefficient (Wildman–Crippen LogP) is 2.02. The number of amides is 1. The number of rotatable bonds is 5. The van der Waals surface area contributed by atoms with Crippen LogP contribution in [-0.4, -0.2) is 24.4 Å². The minimum atomic E-state index is 0.0806. The van der Waals surface area contributed by atoms with Crippen molar-refractivity contribution in [2.45, 2.75) is 26.3 Å². The molecular formula is C13H20N2O. The summed E-state index contributed by atoms with van der Waals surface area (Å²) in [7, 11) is 1.84. The summed E-state index contributed by atoms with van der Waals surface area (Å²) in [6.07, 6.45) is 2.15. The van der Waals surface area contributed by atoms with Gasteiger partial charge in [-0.15, -0.1) is 0 Å². The minimum absolute atomic E-state index is 0.0806. The lowest BCUT2D eigenvalue weighted by Crippen LogP contribution is -2.27. The minimum Gasteiger partial charge on any atom is -0.342 e. The zero-order valence-corrected chi connectivity index (χ0v) is 10.1. The summed E-state index contributed by atoms with van der Waals surface area (Å²) in [6, 6.07) is 7.49. The second kappa shape index (κ2) is 6.28. The van der Waals surface area contributed by atoms with E-state index in [2.05, 4.69) is 6.92 Å². The number of carbonyl (C=O) groups is 1. The molecule has 0 aliphatic carbocycles. The van der Waals surface area contributed by atoms with Crippen LogP contribution in [0, 0.1) is 0 Å². The number of hydrogen-bond acceptors (Lipinski definition) is 2. The Balaban J connectivity index is 2.64. The quantitative estimate of drug-likeness (QED) is 0.825. The lowest BCUT2D eigenvalue weighted by atomic mass is 10.1. The molecule has 0 saturated heterocycles. The molecule has 0 aliphatic rings. The number of benzene rings is 1. The maximum Gasteiger partial charge on any atom is 0.253 e. The molecule has 0 radical (unpaired) electrons. The van der Waals surface area contributed by atoms with E-state index in [0.717, 1.165) is 30.5 Å². The molecular weight excluding hydrogens is 200 g/mol. The predicted molar refractivity (Wildman–Crippen MR) is 66.2 cm³/mol. The van der Waals surface area contributed by atoms with Crippen molar-refractivity contribution in [3.05, 3.63) is 35.4 Å². The molecule has 0 unspecified atom stereocenters. The van der Waals surface area contributed by atoms with Gasteiger partial charge in [0.2, 0.25) is 0 Å². The second-order valence-corrected chi connectivity index (χ2v) is 3.98. The van der Waals surface area contributed by atoms with Crippen LogP contribution in [0.3, 0.4) is 0 Å². The van der Waals surface area contributed by atoms with Crippen LogP contribution >= 0.6 is 0 Å². The van der Waals surface area contributed by atoms with Crippen molar-refractivity contribution in [2.75, 3.05) is 13.6 Å². The van der Waals surface area contributed by atoms with E-state index in [0.29, 0.717) is 6.54 Å². The smallest absolute Gasteiger partial charge is 0.253 e. The van der Waals surface area contributed by atoms with Gasteiger partial charge in [0.1, 0.15) is 0 Å². The SMILES string of the molecule is CCCCN(C)C(=O)c1ccc(CN)cc1. The average Bonchev–Trinajstić information content (AvgIpc) is 2.35. The molecule has 0 bridgehead atoms. The number of nitrogens with two attached hydrogens (primary N) is 1. The molecule has 1 aromatic rings. The van der Waals surface area contributed by atoms with Gasteiger partial charge in [0, 0.05) is 25.7 Å². The molecule has 3 nitrogen and oxygen atoms in total. The molecule has 1 amide bonds. The summed E-state index contributed by atoms with van der Waals surface area (Å²) in [5.74, 6) is 0.0806. The summed E-state index contributed by atoms with van der Waals surface area (Å²) in [5, 5.41) is 0. The second-order valence-electron chi connectivity index (χ2n) is 3.98. The summed E-state index contributed by atoms with van der Waals surface area (Å²) >= 11 is 0. The molecule has 1 rings (SSSR count). The summed E-state index contributed by atoms with van der Waals surface area (Å²) in [6.45, 7) is 3.45. The first-order valence-corrected chi connectivity index (χ1v) is 5.73. The molecule has 0 heterocycles. The highest BCUT2D eigenvalue weighted by atomic mass is 16.2. The Morgan fingerprint density at radius 3 is 2.44 bits per heavy atom. The fourth-order valence-corrected chi connectivity index (χ4v) is 1.50. The maximum absolute atomic E-state index is 11.9. The third-order valence-electron chi connectivity index (χ3n) is 2.63. The van der Waals surface area contributed by atoms with E-state index in [-0.39, 0.29) is 5.91 Å². The van der Waals surface area contributed by atoms with Gasteiger partial charge >= 0.3 is 0 Å². The Morgan fingerprint density at radius 1 is 1.31 bits per heavy atom. The highest BCUT2D eigenvalue weighted by molar-refractivity contribution is 5.94. The van der Waals surface area contributed by atoms with E-state index in [9.17, 15) is 4.79 Å². The Morgan fingerprint density at radius 2 is 1.94 bits per heavy atom. The van der Waals surface area contributed by atoms with Gasteiger partial charge in [-0.05, 0) is 24.1 Å². The Kier molecular flexibility index (Phi) is 4.99. The van der Waals surface area contributed by atoms with Crippen molar-refractivity contribution in [1.29, 1.82) is 0 Å². The average molecular weight is 220 g/mol. The van der Waals surface area contributed by atoms with Crippen LogP contribution in [0.2, 0.25) is 0 Å². The molecule has 0 saturated carbocycles. The van der Waals surface area contributed by atoms with Crippen LogP contribution in [0.5, 0.6) is 0 Å². The lowest BCUT2D eigenvalue weighted by Gasteiger charge is -2.16. The Hall–Kier alpha value is -1.35. The largest absolute Gasteiger partial charge is 0.342 e. The molecule has 0 atom stereocenters. The van der Waals surface area contributed by atoms with Gasteiger partial charge in [-0.3, -0.25) is 4.79 Å². The van der Waals surface area contributed by atoms with Crippen LogP contribution in [-0.2, 0) is 6.54 Å². The van der Waals surface area contributed by atoms with Gasteiger partial charge in [-0.2, -0.15) is 0 Å². The molecule has 2 N–H and O–H groups in total. The van der Waals surface area contributed by atoms with Gasteiger partial charge in [-0.25, -0.2) is 0 Å². The van der Waals surface area contributed by atoms with Crippen molar-refractivity contribution in [3.63, 3.8) is 0 Å². The van der Waals surface area contributed by atoms with Crippen molar-refractivity contribution in [3.8, 4) is 0 Å². The van der Waals surface area contributed by atoms with E-state index in [4.69, 9.17) is 5.73 Å². The molecule has 0 spiro atoms. The normalized spacial score (nSPS) is 10.2. The molecule has 16 heavy (non-hydrogen) atoms. The molecule has 88 valence electrons. The molecule has 1 aromatic carbocycles. The fourth-order valence-electron chi connectivity index (χ4n) is 1.50. The topological polar surface area (TPSA) is 46.3 Å². The van der Waals surface area contributed by atoms with E-state index in [1.807, 2.05) is 31.3 Å². The van der Waals surface area contributed by atoms with E-state index in [1.165, 1.54) is 0 Å². The summed E-state index contributed by atoms with van der Waals surface area (Å²) < 4.78 is 0. The summed E-state index contributed by atoms with van der Waals surface area (Å²) in [5.41, 5.74) is 7.29. The van der Waals surface area contributed by atoms with Gasteiger partial charge in [0.15, 0.2) is 0 Å². The number of carbonyl (C=O) groups excluding carboxylic acids is 1. The molecule has 0 fully saturated rings. The number of unbranched alkanes of at least 4 members (excludes halogenated alkanes) is 1. The summed E-state index contributed by atoms with van der Waals surface area (Å²) in [4.78, 5) is 13.7. The van der Waals surface area contributed by atoms with E-state index < -0.39 is 0 Å². The van der Waals surface area contributed by atoms with Gasteiger partial charge < -0.3 is 10.6 Å². The van der Waals surface area contributed by atoms with Crippen LogP contribution in [0.15, 0.2) is 24.3 Å². The number of hydrogen-bond donors (Lipinski definition) is 1. The standard InChI is InChI=1S/C13H20N2O/c1-3-4-9-15(2)13(16)12-7-5-11(10-14)6-8-12/h5-8H,3-4,9-10,14H2,1-2H3. The Bertz CT molecular complexity index is 332. The highest BCUT2D eigenvalue weighted by Gasteiger charge is 2.10.